The highest BCUT2D eigenvalue weighted by molar-refractivity contribution is 7.23. The normalized spacial score (nSPS) is 20.2. The summed E-state index contributed by atoms with van der Waals surface area (Å²) in [4.78, 5) is 39.6. The van der Waals surface area contributed by atoms with E-state index in [0.717, 1.165) is 81.9 Å². The van der Waals surface area contributed by atoms with Crippen molar-refractivity contribution in [1.82, 2.24) is 25.1 Å². The second-order valence-corrected chi connectivity index (χ2v) is 14.9. The highest BCUT2D eigenvalue weighted by Crippen LogP contribution is 2.51. The maximum atomic E-state index is 14.3. The molecule has 10 rings (SSSR count). The van der Waals surface area contributed by atoms with Gasteiger partial charge in [-0.2, -0.15) is 0 Å². The second-order valence-electron chi connectivity index (χ2n) is 13.9. The average molecular weight is 701 g/mol. The third kappa shape index (κ3) is 4.76. The number of ether oxygens (including phenoxy) is 1. The number of H-pyrrole nitrogens is 1. The zero-order valence-corrected chi connectivity index (χ0v) is 28.6. The second kappa shape index (κ2) is 11.6. The van der Waals surface area contributed by atoms with Gasteiger partial charge in [0.15, 0.2) is 0 Å². The summed E-state index contributed by atoms with van der Waals surface area (Å²) >= 11 is 1.56. The molecule has 10 nitrogen and oxygen atoms in total. The van der Waals surface area contributed by atoms with Crippen LogP contribution in [-0.4, -0.2) is 44.6 Å². The molecule has 0 radical (unpaired) electrons. The molecule has 0 saturated carbocycles. The summed E-state index contributed by atoms with van der Waals surface area (Å²) in [7, 11) is 1.71. The number of halogens is 1. The van der Waals surface area contributed by atoms with Crippen LogP contribution in [0.2, 0.25) is 0 Å². The van der Waals surface area contributed by atoms with E-state index in [9.17, 15) is 14.0 Å². The van der Waals surface area contributed by atoms with Gasteiger partial charge >= 0.3 is 5.76 Å². The molecule has 1 amide bonds. The Morgan fingerprint density at radius 2 is 1.98 bits per heavy atom. The third-order valence-electron chi connectivity index (χ3n) is 11.2. The number of rotatable bonds is 7. The van der Waals surface area contributed by atoms with Crippen LogP contribution < -0.4 is 15.8 Å². The molecule has 51 heavy (non-hydrogen) atoms. The van der Waals surface area contributed by atoms with E-state index in [0.29, 0.717) is 35.3 Å². The Morgan fingerprint density at radius 3 is 2.84 bits per heavy atom. The smallest absolute Gasteiger partial charge is 0.434 e. The van der Waals surface area contributed by atoms with Gasteiger partial charge in [-0.15, -0.1) is 16.4 Å². The van der Waals surface area contributed by atoms with Crippen molar-refractivity contribution >= 4 is 33.1 Å². The molecule has 6 heterocycles. The monoisotopic (exact) mass is 700 g/mol. The fourth-order valence-electron chi connectivity index (χ4n) is 8.95. The predicted octanol–water partition coefficient (Wildman–Crippen LogP) is 7.51. The molecule has 4 aromatic heterocycles. The SMILES string of the molecule is COc1cccc2c1CCC2Nc1nccc2cc(-c3c4c(nc(CC5CCc6cc(F)ccc65)c3-c3n[nH]c(=O)o3)C3CCCN3C4=O)sc12. The van der Waals surface area contributed by atoms with Crippen LogP contribution in [0.3, 0.4) is 0 Å². The topological polar surface area (TPSA) is 126 Å². The highest BCUT2D eigenvalue weighted by atomic mass is 32.1. The first-order valence-corrected chi connectivity index (χ1v) is 18.3. The molecule has 1 saturated heterocycles. The van der Waals surface area contributed by atoms with E-state index in [1.54, 1.807) is 30.7 Å². The van der Waals surface area contributed by atoms with Gasteiger partial charge in [-0.25, -0.2) is 19.3 Å². The molecule has 2 aliphatic carbocycles. The Bertz CT molecular complexity index is 2470. The number of carbonyl (C=O) groups is 1. The average Bonchev–Trinajstić information content (AvgIpc) is 3.99. The van der Waals surface area contributed by atoms with Crippen molar-refractivity contribution in [2.24, 2.45) is 0 Å². The maximum Gasteiger partial charge on any atom is 0.434 e. The van der Waals surface area contributed by atoms with Crippen LogP contribution in [0.4, 0.5) is 10.2 Å². The van der Waals surface area contributed by atoms with Crippen LogP contribution in [0.25, 0.3) is 32.0 Å². The molecule has 3 unspecified atom stereocenters. The Balaban J connectivity index is 1.15. The Labute approximate surface area is 295 Å². The van der Waals surface area contributed by atoms with Gasteiger partial charge in [-0.3, -0.25) is 9.78 Å². The van der Waals surface area contributed by atoms with E-state index >= 15 is 0 Å². The number of thiophene rings is 1. The first kappa shape index (κ1) is 30.5. The zero-order valence-electron chi connectivity index (χ0n) is 27.8. The summed E-state index contributed by atoms with van der Waals surface area (Å²) in [6.07, 6.45) is 7.52. The molecule has 0 spiro atoms. The Kier molecular flexibility index (Phi) is 6.92. The number of aryl methyl sites for hydroxylation is 1. The van der Waals surface area contributed by atoms with Crippen molar-refractivity contribution in [3.63, 3.8) is 0 Å². The molecule has 2 N–H and O–H groups in total. The van der Waals surface area contributed by atoms with E-state index in [1.165, 1.54) is 17.2 Å². The number of carbonyl (C=O) groups excluding carboxylic acids is 1. The minimum atomic E-state index is -0.684. The molecule has 256 valence electrons. The number of hydrogen-bond donors (Lipinski definition) is 2. The van der Waals surface area contributed by atoms with Gasteiger partial charge in [-0.05, 0) is 109 Å². The van der Waals surface area contributed by atoms with Gasteiger partial charge in [0.25, 0.3) is 11.8 Å². The molecule has 12 heteroatoms. The lowest BCUT2D eigenvalue weighted by molar-refractivity contribution is 0.0776. The number of fused-ring (bicyclic) bond motifs is 6. The van der Waals surface area contributed by atoms with Crippen molar-refractivity contribution in [1.29, 1.82) is 0 Å². The van der Waals surface area contributed by atoms with Crippen LogP contribution in [0.1, 0.15) is 87.7 Å². The lowest BCUT2D eigenvalue weighted by Crippen LogP contribution is -2.22. The van der Waals surface area contributed by atoms with Crippen molar-refractivity contribution in [3.8, 4) is 27.6 Å². The van der Waals surface area contributed by atoms with Crippen LogP contribution in [-0.2, 0) is 19.3 Å². The van der Waals surface area contributed by atoms with E-state index in [4.69, 9.17) is 19.1 Å². The van der Waals surface area contributed by atoms with E-state index in [2.05, 4.69) is 27.6 Å². The van der Waals surface area contributed by atoms with Crippen molar-refractivity contribution in [2.45, 2.75) is 62.9 Å². The van der Waals surface area contributed by atoms with Crippen molar-refractivity contribution in [2.75, 3.05) is 19.0 Å². The summed E-state index contributed by atoms with van der Waals surface area (Å²) in [5, 5.41) is 11.5. The van der Waals surface area contributed by atoms with Crippen LogP contribution >= 0.6 is 11.3 Å². The van der Waals surface area contributed by atoms with Gasteiger partial charge in [0.2, 0.25) is 0 Å². The number of amides is 1. The fourth-order valence-corrected chi connectivity index (χ4v) is 10.1. The van der Waals surface area contributed by atoms with Gasteiger partial charge < -0.3 is 19.4 Å². The lowest BCUT2D eigenvalue weighted by Gasteiger charge is -2.19. The first-order valence-electron chi connectivity index (χ1n) is 17.5. The van der Waals surface area contributed by atoms with Crippen molar-refractivity contribution < 1.29 is 18.3 Å². The Morgan fingerprint density at radius 1 is 1.06 bits per heavy atom. The minimum Gasteiger partial charge on any atom is -0.496 e. The standard InChI is InChI=1S/C39H33FN6O4S/c1-49-29-6-2-4-24-25(29)11-12-26(24)43-36-35-21(13-14-41-36)18-30(51-35)32-31(37-44-45-39(48)50-37)27(17-20-8-7-19-16-22(40)9-10-23(19)20)42-34-28-5-3-15-46(28)38(47)33(32)34/h2,4,6,9-10,13-14,16,18,20,26,28H,3,5,7-8,11-12,15,17H2,1H3,(H,41,43)(H,45,48). The van der Waals surface area contributed by atoms with Gasteiger partial charge in [-0.1, -0.05) is 18.2 Å². The van der Waals surface area contributed by atoms with Gasteiger partial charge in [0.05, 0.1) is 46.4 Å². The number of anilines is 1. The minimum absolute atomic E-state index is 0.0622. The molecule has 6 aromatic rings. The fraction of sp³-hybridized carbons (Fsp3) is 0.308. The van der Waals surface area contributed by atoms with E-state index in [1.807, 2.05) is 29.2 Å². The first-order chi connectivity index (χ1) is 24.9. The zero-order chi connectivity index (χ0) is 34.4. The molecule has 4 aliphatic rings. The summed E-state index contributed by atoms with van der Waals surface area (Å²) in [5.41, 5.74) is 7.79. The maximum absolute atomic E-state index is 14.3. The number of nitrogens with one attached hydrogen (secondary N) is 2. The molecule has 2 aliphatic heterocycles. The number of pyridine rings is 2. The van der Waals surface area contributed by atoms with Crippen LogP contribution in [0, 0.1) is 5.82 Å². The molecule has 0 bridgehead atoms. The third-order valence-corrected chi connectivity index (χ3v) is 12.4. The highest BCUT2D eigenvalue weighted by Gasteiger charge is 2.45. The lowest BCUT2D eigenvalue weighted by atomic mass is 9.89. The molecule has 1 fully saturated rings. The summed E-state index contributed by atoms with van der Waals surface area (Å²) in [6.45, 7) is 0.668. The van der Waals surface area contributed by atoms with Crippen LogP contribution in [0.15, 0.2) is 63.9 Å². The summed E-state index contributed by atoms with van der Waals surface area (Å²) in [6, 6.07) is 15.2. The molecular formula is C39H33FN6O4S. The molecule has 2 aromatic carbocycles. The van der Waals surface area contributed by atoms with E-state index < -0.39 is 5.76 Å². The van der Waals surface area contributed by atoms with Crippen LogP contribution in [0.5, 0.6) is 5.75 Å². The summed E-state index contributed by atoms with van der Waals surface area (Å²) in [5.74, 6) is 0.864. The number of aromatic nitrogens is 4. The Hall–Kier alpha value is -5.36. The molecular weight excluding hydrogens is 668 g/mol. The quantitative estimate of drug-likeness (QED) is 0.175. The van der Waals surface area contributed by atoms with E-state index in [-0.39, 0.29) is 35.6 Å². The number of aromatic amines is 1. The summed E-state index contributed by atoms with van der Waals surface area (Å²) < 4.78 is 26.5. The van der Waals surface area contributed by atoms with Gasteiger partial charge in [0, 0.05) is 23.2 Å². The number of nitrogens with zero attached hydrogens (tertiary/aromatic N) is 4. The number of hydrogen-bond acceptors (Lipinski definition) is 9. The molecule has 3 atom stereocenters. The number of methoxy groups -OCH3 is 1. The number of benzene rings is 2. The van der Waals surface area contributed by atoms with Gasteiger partial charge in [0.1, 0.15) is 17.4 Å². The largest absolute Gasteiger partial charge is 0.496 e. The van der Waals surface area contributed by atoms with Crippen molar-refractivity contribution in [3.05, 3.63) is 110 Å². The predicted molar refractivity (Wildman–Crippen MR) is 191 cm³/mol.